The number of rotatable bonds is 7. The van der Waals surface area contributed by atoms with Crippen molar-refractivity contribution in [2.24, 2.45) is 0 Å². The number of hydrogen-bond donors (Lipinski definition) is 1. The van der Waals surface area contributed by atoms with Crippen molar-refractivity contribution >= 4 is 68.9 Å². The van der Waals surface area contributed by atoms with Crippen molar-refractivity contribution in [3.63, 3.8) is 0 Å². The van der Waals surface area contributed by atoms with E-state index >= 15 is 0 Å². The lowest BCUT2D eigenvalue weighted by atomic mass is 9.95. The summed E-state index contributed by atoms with van der Waals surface area (Å²) in [6.45, 7) is 0. The number of Topliss-reactive ketones (excluding diaryl/α,β-unsaturated/α-hetero) is 1. The molecule has 0 aliphatic carbocycles. The molecule has 1 aliphatic rings. The lowest BCUT2D eigenvalue weighted by Crippen LogP contribution is -2.29. The van der Waals surface area contributed by atoms with Crippen LogP contribution < -0.4 is 9.64 Å². The third kappa shape index (κ3) is 5.15. The quantitative estimate of drug-likeness (QED) is 0.0843. The number of carbonyl (C=O) groups excluding carboxylic acids is 2. The molecule has 11 heteroatoms. The molecule has 3 aromatic carbocycles. The van der Waals surface area contributed by atoms with Crippen LogP contribution in [0, 0.1) is 0 Å². The second kappa shape index (κ2) is 11.2. The van der Waals surface area contributed by atoms with Crippen molar-refractivity contribution in [1.82, 2.24) is 10.2 Å². The Morgan fingerprint density at radius 1 is 1.03 bits per heavy atom. The lowest BCUT2D eigenvalue weighted by Gasteiger charge is -2.22. The van der Waals surface area contributed by atoms with Crippen LogP contribution in [-0.4, -0.2) is 34.1 Å². The number of ether oxygens (including phenoxy) is 1. The van der Waals surface area contributed by atoms with Gasteiger partial charge in [-0.15, -0.1) is 10.2 Å². The van der Waals surface area contributed by atoms with E-state index in [9.17, 15) is 14.7 Å². The Kier molecular flexibility index (Phi) is 7.71. The third-order valence-corrected chi connectivity index (χ3v) is 8.63. The number of amides is 1. The maximum absolute atomic E-state index is 13.3. The third-order valence-electron chi connectivity index (χ3n) is 5.90. The van der Waals surface area contributed by atoms with E-state index in [4.69, 9.17) is 27.9 Å². The van der Waals surface area contributed by atoms with E-state index in [1.165, 1.54) is 35.1 Å². The molecule has 1 N–H and O–H groups in total. The average molecular weight is 585 g/mol. The molecule has 0 radical (unpaired) electrons. The first-order chi connectivity index (χ1) is 18.4. The van der Waals surface area contributed by atoms with Gasteiger partial charge in [0.1, 0.15) is 11.5 Å². The van der Waals surface area contributed by atoms with Crippen LogP contribution in [0.5, 0.6) is 5.75 Å². The van der Waals surface area contributed by atoms with Crippen molar-refractivity contribution in [1.29, 1.82) is 0 Å². The molecule has 7 nitrogen and oxygen atoms in total. The fourth-order valence-electron chi connectivity index (χ4n) is 4.01. The zero-order valence-electron chi connectivity index (χ0n) is 19.8. The molecule has 0 bridgehead atoms. The normalized spacial score (nSPS) is 16.7. The van der Waals surface area contributed by atoms with Gasteiger partial charge in [-0.1, -0.05) is 76.6 Å². The summed E-state index contributed by atoms with van der Waals surface area (Å²) in [4.78, 5) is 27.9. The summed E-state index contributed by atoms with van der Waals surface area (Å²) in [5, 5.41) is 21.1. The molecule has 1 atom stereocenters. The van der Waals surface area contributed by atoms with E-state index in [1.54, 1.807) is 48.5 Å². The number of carbonyl (C=O) groups is 2. The van der Waals surface area contributed by atoms with Gasteiger partial charge in [0.15, 0.2) is 4.34 Å². The fourth-order valence-corrected chi connectivity index (χ4v) is 6.29. The molecule has 1 unspecified atom stereocenters. The van der Waals surface area contributed by atoms with Crippen LogP contribution in [0.2, 0.25) is 10.0 Å². The van der Waals surface area contributed by atoms with Crippen LogP contribution in [0.4, 0.5) is 5.13 Å². The fraction of sp³-hybridized carbons (Fsp3) is 0.111. The Hall–Kier alpha value is -3.37. The highest BCUT2D eigenvalue weighted by Crippen LogP contribution is 2.44. The Labute approximate surface area is 236 Å². The van der Waals surface area contributed by atoms with Crippen LogP contribution in [0.15, 0.2) is 82.7 Å². The molecule has 1 amide bonds. The minimum absolute atomic E-state index is 0.0528. The summed E-state index contributed by atoms with van der Waals surface area (Å²) >= 11 is 15.0. The zero-order chi connectivity index (χ0) is 26.8. The molecule has 38 heavy (non-hydrogen) atoms. The number of aliphatic hydroxyl groups is 1. The molecular weight excluding hydrogens is 565 g/mol. The number of aliphatic hydroxyl groups excluding tert-OH is 1. The van der Waals surface area contributed by atoms with Crippen LogP contribution in [0.25, 0.3) is 5.76 Å². The average Bonchev–Trinajstić information content (AvgIpc) is 3.50. The Bertz CT molecular complexity index is 1540. The number of halogens is 2. The molecule has 1 fully saturated rings. The topological polar surface area (TPSA) is 92.6 Å². The molecule has 0 saturated carbocycles. The summed E-state index contributed by atoms with van der Waals surface area (Å²) in [5.41, 5.74) is 1.85. The highest BCUT2D eigenvalue weighted by Gasteiger charge is 2.48. The molecule has 4 aromatic rings. The second-order valence-electron chi connectivity index (χ2n) is 8.18. The maximum atomic E-state index is 13.3. The standard InChI is InChI=1S/C27H19Cl2N3O4S2/c1-36-19-12-8-16(9-13-19)23(33)21-22(15-6-10-18(28)11-7-15)32(25(35)24(21)34)26-30-31-27(38-26)37-14-17-4-2-3-5-20(17)29/h2-13,22,33H,14H2,1H3. The molecule has 0 spiro atoms. The van der Waals surface area contributed by atoms with Gasteiger partial charge in [-0.2, -0.15) is 0 Å². The highest BCUT2D eigenvalue weighted by molar-refractivity contribution is 8.00. The molecule has 1 aromatic heterocycles. The summed E-state index contributed by atoms with van der Waals surface area (Å²) in [7, 11) is 1.53. The largest absolute Gasteiger partial charge is 0.507 e. The maximum Gasteiger partial charge on any atom is 0.301 e. The van der Waals surface area contributed by atoms with Gasteiger partial charge >= 0.3 is 5.91 Å². The van der Waals surface area contributed by atoms with E-state index in [2.05, 4.69) is 10.2 Å². The summed E-state index contributed by atoms with van der Waals surface area (Å²) in [5.74, 6) is -0.777. The van der Waals surface area contributed by atoms with Gasteiger partial charge in [0.25, 0.3) is 5.78 Å². The van der Waals surface area contributed by atoms with Crippen LogP contribution >= 0.6 is 46.3 Å². The summed E-state index contributed by atoms with van der Waals surface area (Å²) in [6.07, 6.45) is 0. The predicted molar refractivity (Wildman–Crippen MR) is 150 cm³/mol. The lowest BCUT2D eigenvalue weighted by molar-refractivity contribution is -0.132. The number of ketones is 1. The van der Waals surface area contributed by atoms with Crippen LogP contribution in [-0.2, 0) is 15.3 Å². The van der Waals surface area contributed by atoms with E-state index < -0.39 is 17.7 Å². The first-order valence-electron chi connectivity index (χ1n) is 11.3. The molecule has 1 saturated heterocycles. The monoisotopic (exact) mass is 583 g/mol. The van der Waals surface area contributed by atoms with E-state index in [1.807, 2.05) is 24.3 Å². The zero-order valence-corrected chi connectivity index (χ0v) is 22.9. The first kappa shape index (κ1) is 26.2. The number of thioether (sulfide) groups is 1. The molecule has 5 rings (SSSR count). The molecular formula is C27H19Cl2N3O4S2. The predicted octanol–water partition coefficient (Wildman–Crippen LogP) is 6.77. The summed E-state index contributed by atoms with van der Waals surface area (Å²) in [6, 6.07) is 19.9. The number of methoxy groups -OCH3 is 1. The Morgan fingerprint density at radius 2 is 1.74 bits per heavy atom. The number of nitrogens with zero attached hydrogens (tertiary/aromatic N) is 3. The van der Waals surface area contributed by atoms with Gasteiger partial charge in [-0.05, 0) is 53.6 Å². The number of benzene rings is 3. The van der Waals surface area contributed by atoms with Crippen LogP contribution in [0.3, 0.4) is 0 Å². The highest BCUT2D eigenvalue weighted by atomic mass is 35.5. The Balaban J connectivity index is 1.53. The smallest absolute Gasteiger partial charge is 0.301 e. The van der Waals surface area contributed by atoms with Gasteiger partial charge in [0.05, 0.1) is 18.7 Å². The minimum atomic E-state index is -0.927. The minimum Gasteiger partial charge on any atom is -0.507 e. The SMILES string of the molecule is COc1ccc(C(O)=C2C(=O)C(=O)N(c3nnc(SCc4ccccc4Cl)s3)C2c2ccc(Cl)cc2)cc1. The van der Waals surface area contributed by atoms with Crippen molar-refractivity contribution in [3.05, 3.63) is 105 Å². The van der Waals surface area contributed by atoms with E-state index in [-0.39, 0.29) is 16.5 Å². The van der Waals surface area contributed by atoms with Crippen molar-refractivity contribution in [2.45, 2.75) is 16.1 Å². The number of aromatic nitrogens is 2. The van der Waals surface area contributed by atoms with Crippen molar-refractivity contribution in [3.8, 4) is 5.75 Å². The van der Waals surface area contributed by atoms with E-state index in [0.29, 0.717) is 37.0 Å². The van der Waals surface area contributed by atoms with Gasteiger partial charge < -0.3 is 9.84 Å². The second-order valence-corrected chi connectivity index (χ2v) is 11.2. The van der Waals surface area contributed by atoms with Gasteiger partial charge in [0, 0.05) is 21.4 Å². The Morgan fingerprint density at radius 3 is 2.42 bits per heavy atom. The van der Waals surface area contributed by atoms with Gasteiger partial charge in [-0.25, -0.2) is 0 Å². The van der Waals surface area contributed by atoms with Crippen molar-refractivity contribution in [2.75, 3.05) is 12.0 Å². The first-order valence-corrected chi connectivity index (χ1v) is 13.8. The summed E-state index contributed by atoms with van der Waals surface area (Å²) < 4.78 is 5.79. The number of hydrogen-bond acceptors (Lipinski definition) is 8. The van der Waals surface area contributed by atoms with Gasteiger partial charge in [-0.3, -0.25) is 14.5 Å². The molecule has 1 aliphatic heterocycles. The molecule has 2 heterocycles. The van der Waals surface area contributed by atoms with Crippen LogP contribution in [0.1, 0.15) is 22.7 Å². The van der Waals surface area contributed by atoms with Crippen molar-refractivity contribution < 1.29 is 19.4 Å². The number of anilines is 1. The van der Waals surface area contributed by atoms with Gasteiger partial charge in [0.2, 0.25) is 5.13 Å². The van der Waals surface area contributed by atoms with E-state index in [0.717, 1.165) is 5.56 Å². The molecule has 192 valence electrons.